The van der Waals surface area contributed by atoms with Crippen molar-refractivity contribution in [3.8, 4) is 0 Å². The van der Waals surface area contributed by atoms with E-state index in [0.717, 1.165) is 12.0 Å². The molecule has 122 valence electrons. The summed E-state index contributed by atoms with van der Waals surface area (Å²) in [6.07, 6.45) is 0.875. The van der Waals surface area contributed by atoms with Crippen molar-refractivity contribution in [2.45, 2.75) is 13.3 Å². The van der Waals surface area contributed by atoms with Gasteiger partial charge in [-0.15, -0.1) is 10.2 Å². The van der Waals surface area contributed by atoms with Crippen LogP contribution < -0.4 is 10.6 Å². The Morgan fingerprint density at radius 1 is 1.12 bits per heavy atom. The van der Waals surface area contributed by atoms with E-state index in [2.05, 4.69) is 26.0 Å². The van der Waals surface area contributed by atoms with Gasteiger partial charge in [0.15, 0.2) is 11.5 Å². The summed E-state index contributed by atoms with van der Waals surface area (Å²) in [4.78, 5) is 12.4. The molecule has 1 amide bonds. The van der Waals surface area contributed by atoms with E-state index in [-0.39, 0.29) is 17.3 Å². The maximum atomic E-state index is 13.3. The van der Waals surface area contributed by atoms with Gasteiger partial charge >= 0.3 is 0 Å². The number of nitrogens with one attached hydrogen (secondary N) is 3. The molecule has 3 aromatic rings. The zero-order chi connectivity index (χ0) is 16.9. The van der Waals surface area contributed by atoms with E-state index in [1.165, 1.54) is 12.1 Å². The lowest BCUT2D eigenvalue weighted by Gasteiger charge is -2.07. The number of anilines is 3. The van der Waals surface area contributed by atoms with Gasteiger partial charge in [0.05, 0.1) is 0 Å². The number of carbonyl (C=O) groups excluding carboxylic acids is 1. The Morgan fingerprint density at radius 3 is 2.71 bits per heavy atom. The van der Waals surface area contributed by atoms with Crippen LogP contribution in [0.3, 0.4) is 0 Å². The van der Waals surface area contributed by atoms with E-state index in [0.29, 0.717) is 11.4 Å². The minimum atomic E-state index is -0.407. The van der Waals surface area contributed by atoms with Crippen molar-refractivity contribution >= 4 is 23.1 Å². The summed E-state index contributed by atoms with van der Waals surface area (Å²) in [5, 5.41) is 15.8. The van der Waals surface area contributed by atoms with Gasteiger partial charge in [-0.05, 0) is 42.3 Å². The highest BCUT2D eigenvalue weighted by Crippen LogP contribution is 2.19. The summed E-state index contributed by atoms with van der Waals surface area (Å²) in [7, 11) is 0. The molecule has 0 saturated heterocycles. The molecule has 0 radical (unpaired) electrons. The molecule has 24 heavy (non-hydrogen) atoms. The highest BCUT2D eigenvalue weighted by atomic mass is 19.1. The molecule has 0 spiro atoms. The molecule has 6 nitrogen and oxygen atoms in total. The lowest BCUT2D eigenvalue weighted by molar-refractivity contribution is 0.102. The van der Waals surface area contributed by atoms with Gasteiger partial charge in [0.2, 0.25) is 0 Å². The van der Waals surface area contributed by atoms with Gasteiger partial charge in [0.1, 0.15) is 5.82 Å². The lowest BCUT2D eigenvalue weighted by atomic mass is 10.1. The molecule has 0 aliphatic carbocycles. The summed E-state index contributed by atoms with van der Waals surface area (Å²) >= 11 is 0. The van der Waals surface area contributed by atoms with Crippen LogP contribution in [-0.4, -0.2) is 21.3 Å². The Kier molecular flexibility index (Phi) is 4.51. The number of aromatic nitrogens is 3. The quantitative estimate of drug-likeness (QED) is 0.670. The molecule has 3 rings (SSSR count). The number of carbonyl (C=O) groups is 1. The molecule has 7 heteroatoms. The molecule has 0 saturated carbocycles. The minimum Gasteiger partial charge on any atom is -0.337 e. The number of aromatic amines is 1. The average Bonchev–Trinajstić information content (AvgIpc) is 3.03. The maximum Gasteiger partial charge on any atom is 0.280 e. The first-order valence-corrected chi connectivity index (χ1v) is 7.49. The molecule has 0 bridgehead atoms. The summed E-state index contributed by atoms with van der Waals surface area (Å²) in [6.45, 7) is 2.04. The number of rotatable bonds is 5. The molecule has 3 N–H and O–H groups in total. The van der Waals surface area contributed by atoms with Gasteiger partial charge in [-0.3, -0.25) is 4.79 Å². The van der Waals surface area contributed by atoms with E-state index in [4.69, 9.17) is 0 Å². The number of H-pyrrole nitrogens is 1. The molecule has 0 aliphatic rings. The number of aryl methyl sites for hydroxylation is 1. The molecule has 0 aliphatic heterocycles. The van der Waals surface area contributed by atoms with Crippen molar-refractivity contribution in [2.75, 3.05) is 10.6 Å². The third kappa shape index (κ3) is 3.57. The Bertz CT molecular complexity index is 861. The smallest absolute Gasteiger partial charge is 0.280 e. The first-order chi connectivity index (χ1) is 11.7. The fraction of sp³-hybridized carbons (Fsp3) is 0.118. The second kappa shape index (κ2) is 6.91. The van der Waals surface area contributed by atoms with Crippen LogP contribution in [0.5, 0.6) is 0 Å². The van der Waals surface area contributed by atoms with Crippen molar-refractivity contribution in [3.05, 3.63) is 65.6 Å². The summed E-state index contributed by atoms with van der Waals surface area (Å²) < 4.78 is 13.3. The normalized spacial score (nSPS) is 10.4. The van der Waals surface area contributed by atoms with Crippen molar-refractivity contribution in [1.29, 1.82) is 0 Å². The van der Waals surface area contributed by atoms with Crippen LogP contribution in [0.1, 0.15) is 23.0 Å². The molecular formula is C17H16FN5O. The lowest BCUT2D eigenvalue weighted by Crippen LogP contribution is -2.14. The van der Waals surface area contributed by atoms with Crippen molar-refractivity contribution in [1.82, 2.24) is 15.4 Å². The van der Waals surface area contributed by atoms with E-state index in [1.807, 2.05) is 25.1 Å². The molecular weight excluding hydrogens is 309 g/mol. The van der Waals surface area contributed by atoms with E-state index in [9.17, 15) is 9.18 Å². The maximum absolute atomic E-state index is 13.3. The monoisotopic (exact) mass is 325 g/mol. The highest BCUT2D eigenvalue weighted by Gasteiger charge is 2.17. The predicted octanol–water partition coefficient (Wildman–Crippen LogP) is 3.50. The fourth-order valence-corrected chi connectivity index (χ4v) is 2.24. The van der Waals surface area contributed by atoms with Crippen LogP contribution in [0.15, 0.2) is 48.5 Å². The molecule has 0 unspecified atom stereocenters. The number of hydrogen-bond donors (Lipinski definition) is 3. The van der Waals surface area contributed by atoms with Crippen LogP contribution >= 0.6 is 0 Å². The largest absolute Gasteiger partial charge is 0.337 e. The van der Waals surface area contributed by atoms with E-state index >= 15 is 0 Å². The zero-order valence-corrected chi connectivity index (χ0v) is 13.0. The number of benzene rings is 2. The first-order valence-electron chi connectivity index (χ1n) is 7.49. The van der Waals surface area contributed by atoms with Crippen molar-refractivity contribution in [2.24, 2.45) is 0 Å². The van der Waals surface area contributed by atoms with Gasteiger partial charge in [0.25, 0.3) is 5.91 Å². The summed E-state index contributed by atoms with van der Waals surface area (Å²) in [6, 6.07) is 13.4. The SMILES string of the molecule is CCc1cccc(NC(=O)c2n[nH]nc2Nc2cccc(F)c2)c1. The van der Waals surface area contributed by atoms with E-state index < -0.39 is 5.91 Å². The number of nitrogens with zero attached hydrogens (tertiary/aromatic N) is 2. The number of amides is 1. The Morgan fingerprint density at radius 2 is 1.92 bits per heavy atom. The Hall–Kier alpha value is -3.22. The Labute approximate surface area is 138 Å². The summed E-state index contributed by atoms with van der Waals surface area (Å²) in [5.41, 5.74) is 2.37. The van der Waals surface area contributed by atoms with Crippen LogP contribution in [0.4, 0.5) is 21.6 Å². The summed E-state index contributed by atoms with van der Waals surface area (Å²) in [5.74, 6) is -0.563. The van der Waals surface area contributed by atoms with Crippen molar-refractivity contribution in [3.63, 3.8) is 0 Å². The topological polar surface area (TPSA) is 82.7 Å². The average molecular weight is 325 g/mol. The zero-order valence-electron chi connectivity index (χ0n) is 13.0. The highest BCUT2D eigenvalue weighted by molar-refractivity contribution is 6.06. The third-order valence-corrected chi connectivity index (χ3v) is 3.44. The molecule has 1 heterocycles. The second-order valence-corrected chi connectivity index (χ2v) is 5.16. The molecule has 0 fully saturated rings. The first kappa shape index (κ1) is 15.7. The van der Waals surface area contributed by atoms with Gasteiger partial charge in [-0.1, -0.05) is 25.1 Å². The van der Waals surface area contributed by atoms with Crippen LogP contribution in [-0.2, 0) is 6.42 Å². The van der Waals surface area contributed by atoms with Gasteiger partial charge in [-0.25, -0.2) is 4.39 Å². The van der Waals surface area contributed by atoms with Crippen LogP contribution in [0.2, 0.25) is 0 Å². The Balaban J connectivity index is 1.77. The minimum absolute atomic E-state index is 0.0983. The fourth-order valence-electron chi connectivity index (χ4n) is 2.24. The van der Waals surface area contributed by atoms with Crippen molar-refractivity contribution < 1.29 is 9.18 Å². The number of hydrogen-bond acceptors (Lipinski definition) is 4. The molecule has 0 atom stereocenters. The third-order valence-electron chi connectivity index (χ3n) is 3.44. The molecule has 1 aromatic heterocycles. The van der Waals surface area contributed by atoms with Gasteiger partial charge in [0, 0.05) is 11.4 Å². The van der Waals surface area contributed by atoms with Crippen LogP contribution in [0.25, 0.3) is 0 Å². The van der Waals surface area contributed by atoms with Gasteiger partial charge < -0.3 is 10.6 Å². The predicted molar refractivity (Wildman–Crippen MR) is 89.8 cm³/mol. The number of halogens is 1. The second-order valence-electron chi connectivity index (χ2n) is 5.16. The standard InChI is InChI=1S/C17H16FN5O/c1-2-11-5-3-7-13(9-11)20-17(24)15-16(22-23-21-15)19-14-8-4-6-12(18)10-14/h3-10H,2H2,1H3,(H,20,24)(H2,19,21,22,23). The van der Waals surface area contributed by atoms with Gasteiger partial charge in [-0.2, -0.15) is 5.21 Å². The molecule has 2 aromatic carbocycles. The van der Waals surface area contributed by atoms with Crippen LogP contribution in [0, 0.1) is 5.82 Å². The van der Waals surface area contributed by atoms with E-state index in [1.54, 1.807) is 18.2 Å².